The predicted molar refractivity (Wildman–Crippen MR) is 49.4 cm³/mol. The molecule has 1 N–H and O–H groups in total. The average Bonchev–Trinajstić information content (AvgIpc) is 2.60. The summed E-state index contributed by atoms with van der Waals surface area (Å²) in [5.41, 5.74) is -0.298. The molecule has 3 atom stereocenters. The molecule has 2 nitrogen and oxygen atoms in total. The van der Waals surface area contributed by atoms with Crippen LogP contribution in [0, 0.1) is 11.8 Å². The van der Waals surface area contributed by atoms with Gasteiger partial charge in [-0.05, 0) is 37.5 Å². The van der Waals surface area contributed by atoms with Crippen LogP contribution in [0.5, 0.6) is 0 Å². The Hall–Kier alpha value is -0.0800. The summed E-state index contributed by atoms with van der Waals surface area (Å²) < 4.78 is 5.57. The van der Waals surface area contributed by atoms with E-state index in [1.165, 1.54) is 32.1 Å². The largest absolute Gasteiger partial charge is 0.389 e. The second kappa shape index (κ2) is 2.71. The van der Waals surface area contributed by atoms with E-state index in [4.69, 9.17) is 4.74 Å². The van der Waals surface area contributed by atoms with Crippen LogP contribution >= 0.6 is 0 Å². The van der Waals surface area contributed by atoms with E-state index in [9.17, 15) is 5.11 Å². The van der Waals surface area contributed by atoms with Crippen LogP contribution in [-0.2, 0) is 4.74 Å². The van der Waals surface area contributed by atoms with Gasteiger partial charge in [0.05, 0.1) is 11.7 Å². The van der Waals surface area contributed by atoms with Gasteiger partial charge in [-0.25, -0.2) is 0 Å². The molecule has 13 heavy (non-hydrogen) atoms. The Morgan fingerprint density at radius 3 is 2.54 bits per heavy atom. The number of aliphatic hydroxyl groups is 1. The van der Waals surface area contributed by atoms with Crippen LogP contribution in [0.1, 0.15) is 38.5 Å². The van der Waals surface area contributed by atoms with Gasteiger partial charge in [0.2, 0.25) is 0 Å². The molecule has 3 unspecified atom stereocenters. The minimum Gasteiger partial charge on any atom is -0.389 e. The summed E-state index contributed by atoms with van der Waals surface area (Å²) >= 11 is 0. The molecule has 2 aliphatic carbocycles. The Morgan fingerprint density at radius 2 is 1.92 bits per heavy atom. The molecule has 1 heterocycles. The summed E-state index contributed by atoms with van der Waals surface area (Å²) in [4.78, 5) is 0. The van der Waals surface area contributed by atoms with Crippen molar-refractivity contribution in [1.82, 2.24) is 0 Å². The first-order valence-corrected chi connectivity index (χ1v) is 5.65. The molecule has 0 radical (unpaired) electrons. The minimum absolute atomic E-state index is 0.298. The highest BCUT2D eigenvalue weighted by molar-refractivity contribution is 5.15. The third-order valence-corrected chi connectivity index (χ3v) is 4.27. The fourth-order valence-corrected chi connectivity index (χ4v) is 3.52. The zero-order valence-corrected chi connectivity index (χ0v) is 8.04. The van der Waals surface area contributed by atoms with E-state index < -0.39 is 0 Å². The molecule has 1 aliphatic heterocycles. The van der Waals surface area contributed by atoms with Gasteiger partial charge in [0.25, 0.3) is 0 Å². The fraction of sp³-hybridized carbons (Fsp3) is 1.00. The Labute approximate surface area is 79.3 Å². The number of fused-ring (bicyclic) bond motifs is 1. The molecular weight excluding hydrogens is 164 g/mol. The first-order valence-electron chi connectivity index (χ1n) is 5.65. The number of hydrogen-bond donors (Lipinski definition) is 1. The molecule has 0 aromatic rings. The Kier molecular flexibility index (Phi) is 1.72. The van der Waals surface area contributed by atoms with Gasteiger partial charge in [-0.1, -0.05) is 6.42 Å². The SMILES string of the molecule is OC1(CC2CCCO2)C2CCCC21. The predicted octanol–water partition coefficient (Wildman–Crippen LogP) is 1.72. The van der Waals surface area contributed by atoms with Crippen molar-refractivity contribution in [1.29, 1.82) is 0 Å². The molecule has 0 bridgehead atoms. The zero-order valence-electron chi connectivity index (χ0n) is 8.04. The maximum Gasteiger partial charge on any atom is 0.0735 e. The molecule has 3 fully saturated rings. The smallest absolute Gasteiger partial charge is 0.0735 e. The summed E-state index contributed by atoms with van der Waals surface area (Å²) in [6.45, 7) is 0.913. The van der Waals surface area contributed by atoms with Gasteiger partial charge in [0, 0.05) is 13.0 Å². The van der Waals surface area contributed by atoms with Crippen molar-refractivity contribution in [2.75, 3.05) is 6.61 Å². The minimum atomic E-state index is -0.298. The lowest BCUT2D eigenvalue weighted by molar-refractivity contribution is 0.0222. The van der Waals surface area contributed by atoms with E-state index in [1.807, 2.05) is 0 Å². The van der Waals surface area contributed by atoms with E-state index in [-0.39, 0.29) is 5.60 Å². The lowest BCUT2D eigenvalue weighted by Gasteiger charge is -2.18. The van der Waals surface area contributed by atoms with Gasteiger partial charge in [-0.2, -0.15) is 0 Å². The molecule has 0 spiro atoms. The van der Waals surface area contributed by atoms with E-state index in [2.05, 4.69) is 0 Å². The maximum atomic E-state index is 10.3. The van der Waals surface area contributed by atoms with Gasteiger partial charge in [-0.15, -0.1) is 0 Å². The summed E-state index contributed by atoms with van der Waals surface area (Å²) in [5.74, 6) is 1.27. The molecule has 0 amide bonds. The zero-order chi connectivity index (χ0) is 8.89. The third-order valence-electron chi connectivity index (χ3n) is 4.27. The molecule has 1 saturated heterocycles. The van der Waals surface area contributed by atoms with Crippen LogP contribution in [0.4, 0.5) is 0 Å². The molecule has 0 aromatic heterocycles. The number of ether oxygens (including phenoxy) is 1. The normalized spacial score (nSPS) is 53.8. The van der Waals surface area contributed by atoms with Gasteiger partial charge in [0.15, 0.2) is 0 Å². The summed E-state index contributed by atoms with van der Waals surface area (Å²) in [7, 11) is 0. The Balaban J connectivity index is 1.60. The molecule has 2 saturated carbocycles. The van der Waals surface area contributed by atoms with Crippen molar-refractivity contribution in [2.24, 2.45) is 11.8 Å². The molecule has 3 aliphatic rings. The van der Waals surface area contributed by atoms with E-state index in [1.54, 1.807) is 0 Å². The van der Waals surface area contributed by atoms with E-state index in [0.29, 0.717) is 17.9 Å². The monoisotopic (exact) mass is 182 g/mol. The van der Waals surface area contributed by atoms with Crippen molar-refractivity contribution in [2.45, 2.75) is 50.2 Å². The summed E-state index contributed by atoms with van der Waals surface area (Å²) in [5, 5.41) is 10.3. The van der Waals surface area contributed by atoms with Crippen molar-refractivity contribution in [3.8, 4) is 0 Å². The molecular formula is C11H18O2. The first kappa shape index (κ1) is 8.25. The van der Waals surface area contributed by atoms with Crippen LogP contribution in [0.15, 0.2) is 0 Å². The highest BCUT2D eigenvalue weighted by Crippen LogP contribution is 2.62. The lowest BCUT2D eigenvalue weighted by atomic mass is 10.00. The second-order valence-electron chi connectivity index (χ2n) is 4.97. The van der Waals surface area contributed by atoms with Crippen molar-refractivity contribution in [3.05, 3.63) is 0 Å². The average molecular weight is 182 g/mol. The van der Waals surface area contributed by atoms with Gasteiger partial charge in [-0.3, -0.25) is 0 Å². The van der Waals surface area contributed by atoms with Gasteiger partial charge >= 0.3 is 0 Å². The van der Waals surface area contributed by atoms with Crippen LogP contribution < -0.4 is 0 Å². The molecule has 0 aromatic carbocycles. The Bertz CT molecular complexity index is 198. The first-order chi connectivity index (χ1) is 6.31. The summed E-state index contributed by atoms with van der Waals surface area (Å²) in [6.07, 6.45) is 7.50. The third kappa shape index (κ3) is 1.15. The van der Waals surface area contributed by atoms with E-state index in [0.717, 1.165) is 13.0 Å². The standard InChI is InChI=1S/C11H18O2/c12-11(7-8-3-2-6-13-8)9-4-1-5-10(9)11/h8-10,12H,1-7H2. The Morgan fingerprint density at radius 1 is 1.15 bits per heavy atom. The van der Waals surface area contributed by atoms with Crippen LogP contribution in [0.25, 0.3) is 0 Å². The number of rotatable bonds is 2. The lowest BCUT2D eigenvalue weighted by Crippen LogP contribution is -2.23. The van der Waals surface area contributed by atoms with Crippen molar-refractivity contribution in [3.63, 3.8) is 0 Å². The van der Waals surface area contributed by atoms with Gasteiger partial charge in [0.1, 0.15) is 0 Å². The van der Waals surface area contributed by atoms with Crippen molar-refractivity contribution >= 4 is 0 Å². The van der Waals surface area contributed by atoms with Crippen LogP contribution in [0.3, 0.4) is 0 Å². The molecule has 2 heteroatoms. The second-order valence-corrected chi connectivity index (χ2v) is 4.97. The molecule has 74 valence electrons. The number of hydrogen-bond acceptors (Lipinski definition) is 2. The topological polar surface area (TPSA) is 29.5 Å². The van der Waals surface area contributed by atoms with Gasteiger partial charge < -0.3 is 9.84 Å². The van der Waals surface area contributed by atoms with Crippen molar-refractivity contribution < 1.29 is 9.84 Å². The maximum absolute atomic E-state index is 10.3. The highest BCUT2D eigenvalue weighted by atomic mass is 16.5. The van der Waals surface area contributed by atoms with Crippen LogP contribution in [0.2, 0.25) is 0 Å². The quantitative estimate of drug-likeness (QED) is 0.704. The van der Waals surface area contributed by atoms with E-state index >= 15 is 0 Å². The van der Waals surface area contributed by atoms with Crippen LogP contribution in [-0.4, -0.2) is 23.4 Å². The molecule has 3 rings (SSSR count). The summed E-state index contributed by atoms with van der Waals surface area (Å²) in [6, 6.07) is 0. The fourth-order valence-electron chi connectivity index (χ4n) is 3.52. The highest BCUT2D eigenvalue weighted by Gasteiger charge is 2.65.